The van der Waals surface area contributed by atoms with Crippen molar-refractivity contribution in [3.63, 3.8) is 0 Å². The molecule has 1 fully saturated rings. The highest BCUT2D eigenvalue weighted by Gasteiger charge is 2.29. The summed E-state index contributed by atoms with van der Waals surface area (Å²) in [5.41, 5.74) is 5.14. The molecule has 2 amide bonds. The highest BCUT2D eigenvalue weighted by atomic mass is 16.2. The van der Waals surface area contributed by atoms with E-state index < -0.39 is 5.54 Å². The van der Waals surface area contributed by atoms with E-state index in [1.165, 1.54) is 0 Å². The maximum Gasteiger partial charge on any atom is 0.240 e. The van der Waals surface area contributed by atoms with Crippen LogP contribution in [0.15, 0.2) is 0 Å². The van der Waals surface area contributed by atoms with Gasteiger partial charge < -0.3 is 16.0 Å². The Kier molecular flexibility index (Phi) is 5.14. The molecule has 18 heavy (non-hydrogen) atoms. The molecule has 3 N–H and O–H groups in total. The van der Waals surface area contributed by atoms with Gasteiger partial charge in [-0.15, -0.1) is 0 Å². The third-order valence-corrected chi connectivity index (χ3v) is 3.33. The van der Waals surface area contributed by atoms with Crippen LogP contribution < -0.4 is 11.1 Å². The van der Waals surface area contributed by atoms with Crippen LogP contribution in [-0.2, 0) is 9.59 Å². The second kappa shape index (κ2) is 6.18. The standard InChI is InChI=1S/C13H25N3O2/c1-4-7-13(3,14)12(18)15-10(2)9-16-8-5-6-11(16)17/h10H,4-9,14H2,1-3H3,(H,15,18). The van der Waals surface area contributed by atoms with Gasteiger partial charge >= 0.3 is 0 Å². The van der Waals surface area contributed by atoms with Crippen LogP contribution in [-0.4, -0.2) is 41.4 Å². The number of nitrogens with two attached hydrogens (primary N) is 1. The van der Waals surface area contributed by atoms with Gasteiger partial charge in [0, 0.05) is 25.6 Å². The monoisotopic (exact) mass is 255 g/mol. The molecule has 0 radical (unpaired) electrons. The third-order valence-electron chi connectivity index (χ3n) is 3.33. The molecule has 1 heterocycles. The number of carbonyl (C=O) groups is 2. The fourth-order valence-electron chi connectivity index (χ4n) is 2.29. The van der Waals surface area contributed by atoms with Crippen molar-refractivity contribution in [2.75, 3.05) is 13.1 Å². The first-order valence-corrected chi connectivity index (χ1v) is 6.74. The summed E-state index contributed by atoms with van der Waals surface area (Å²) in [4.78, 5) is 25.3. The van der Waals surface area contributed by atoms with Crippen LogP contribution in [0.5, 0.6) is 0 Å². The van der Waals surface area contributed by atoms with Gasteiger partial charge in [0.05, 0.1) is 5.54 Å². The minimum Gasteiger partial charge on any atom is -0.350 e. The van der Waals surface area contributed by atoms with E-state index in [-0.39, 0.29) is 17.9 Å². The van der Waals surface area contributed by atoms with E-state index in [1.807, 2.05) is 13.8 Å². The SMILES string of the molecule is CCCC(C)(N)C(=O)NC(C)CN1CCCC1=O. The van der Waals surface area contributed by atoms with Crippen molar-refractivity contribution < 1.29 is 9.59 Å². The van der Waals surface area contributed by atoms with Gasteiger partial charge in [-0.3, -0.25) is 9.59 Å². The van der Waals surface area contributed by atoms with Crippen LogP contribution in [0.4, 0.5) is 0 Å². The molecule has 2 atom stereocenters. The summed E-state index contributed by atoms with van der Waals surface area (Å²) in [6.45, 7) is 7.04. The molecule has 5 heteroatoms. The Morgan fingerprint density at radius 3 is 2.78 bits per heavy atom. The molecule has 5 nitrogen and oxygen atoms in total. The maximum atomic E-state index is 12.0. The Hall–Kier alpha value is -1.10. The first kappa shape index (κ1) is 15.0. The van der Waals surface area contributed by atoms with Gasteiger partial charge in [-0.1, -0.05) is 13.3 Å². The predicted octanol–water partition coefficient (Wildman–Crippen LogP) is 0.631. The van der Waals surface area contributed by atoms with Crippen LogP contribution in [0, 0.1) is 0 Å². The number of likely N-dealkylation sites (tertiary alicyclic amines) is 1. The fraction of sp³-hybridized carbons (Fsp3) is 0.846. The number of rotatable bonds is 6. The number of hydrogen-bond acceptors (Lipinski definition) is 3. The van der Waals surface area contributed by atoms with E-state index >= 15 is 0 Å². The zero-order valence-electron chi connectivity index (χ0n) is 11.7. The fourth-order valence-corrected chi connectivity index (χ4v) is 2.29. The van der Waals surface area contributed by atoms with Gasteiger partial charge in [-0.2, -0.15) is 0 Å². The zero-order chi connectivity index (χ0) is 13.8. The van der Waals surface area contributed by atoms with Crippen molar-refractivity contribution in [2.24, 2.45) is 5.73 Å². The predicted molar refractivity (Wildman–Crippen MR) is 70.9 cm³/mol. The first-order chi connectivity index (χ1) is 8.36. The number of nitrogens with zero attached hydrogens (tertiary/aromatic N) is 1. The molecule has 1 saturated heterocycles. The van der Waals surface area contributed by atoms with Gasteiger partial charge in [0.1, 0.15) is 0 Å². The summed E-state index contributed by atoms with van der Waals surface area (Å²) in [5.74, 6) is 0.0451. The Morgan fingerprint density at radius 1 is 1.61 bits per heavy atom. The van der Waals surface area contributed by atoms with Crippen molar-refractivity contribution in [3.8, 4) is 0 Å². The summed E-state index contributed by atoms with van der Waals surface area (Å²) in [6.07, 6.45) is 3.09. The van der Waals surface area contributed by atoms with E-state index in [1.54, 1.807) is 11.8 Å². The van der Waals surface area contributed by atoms with E-state index in [2.05, 4.69) is 5.32 Å². The molecule has 2 unspecified atom stereocenters. The van der Waals surface area contributed by atoms with E-state index in [4.69, 9.17) is 5.73 Å². The molecule has 1 aliphatic rings. The minimum absolute atomic E-state index is 0.0562. The topological polar surface area (TPSA) is 75.4 Å². The van der Waals surface area contributed by atoms with Crippen LogP contribution in [0.2, 0.25) is 0 Å². The van der Waals surface area contributed by atoms with Crippen LogP contribution in [0.1, 0.15) is 46.5 Å². The second-order valence-electron chi connectivity index (χ2n) is 5.49. The summed E-state index contributed by atoms with van der Waals surface area (Å²) in [7, 11) is 0. The van der Waals surface area contributed by atoms with Gasteiger partial charge in [-0.05, 0) is 26.7 Å². The van der Waals surface area contributed by atoms with Crippen molar-refractivity contribution >= 4 is 11.8 Å². The molecule has 0 saturated carbocycles. The maximum absolute atomic E-state index is 12.0. The smallest absolute Gasteiger partial charge is 0.240 e. The van der Waals surface area contributed by atoms with Crippen molar-refractivity contribution in [1.82, 2.24) is 10.2 Å². The average Bonchev–Trinajstić information content (AvgIpc) is 2.64. The van der Waals surface area contributed by atoms with E-state index in [0.717, 1.165) is 19.4 Å². The number of amides is 2. The lowest BCUT2D eigenvalue weighted by molar-refractivity contribution is -0.130. The molecule has 0 aliphatic carbocycles. The molecular formula is C13H25N3O2. The lowest BCUT2D eigenvalue weighted by Gasteiger charge is -2.27. The van der Waals surface area contributed by atoms with E-state index in [9.17, 15) is 9.59 Å². The average molecular weight is 255 g/mol. The highest BCUT2D eigenvalue weighted by Crippen LogP contribution is 2.11. The van der Waals surface area contributed by atoms with E-state index in [0.29, 0.717) is 19.4 Å². The van der Waals surface area contributed by atoms with Crippen LogP contribution >= 0.6 is 0 Å². The first-order valence-electron chi connectivity index (χ1n) is 6.74. The quantitative estimate of drug-likeness (QED) is 0.731. The summed E-state index contributed by atoms with van der Waals surface area (Å²) < 4.78 is 0. The Bertz CT molecular complexity index is 315. The summed E-state index contributed by atoms with van der Waals surface area (Å²) >= 11 is 0. The minimum atomic E-state index is -0.821. The van der Waals surface area contributed by atoms with Gasteiger partial charge in [-0.25, -0.2) is 0 Å². The molecular weight excluding hydrogens is 230 g/mol. The third kappa shape index (κ3) is 3.98. The zero-order valence-corrected chi connectivity index (χ0v) is 11.7. The molecule has 0 aromatic carbocycles. The van der Waals surface area contributed by atoms with Crippen molar-refractivity contribution in [2.45, 2.75) is 58.0 Å². The molecule has 0 bridgehead atoms. The summed E-state index contributed by atoms with van der Waals surface area (Å²) in [6, 6.07) is -0.0562. The highest BCUT2D eigenvalue weighted by molar-refractivity contribution is 5.85. The van der Waals surface area contributed by atoms with Gasteiger partial charge in [0.2, 0.25) is 11.8 Å². The molecule has 104 valence electrons. The molecule has 0 aromatic heterocycles. The second-order valence-corrected chi connectivity index (χ2v) is 5.49. The molecule has 0 aromatic rings. The lowest BCUT2D eigenvalue weighted by atomic mass is 9.96. The Balaban J connectivity index is 2.42. The number of hydrogen-bond donors (Lipinski definition) is 2. The normalized spacial score (nSPS) is 20.7. The Labute approximate surface area is 109 Å². The number of carbonyl (C=O) groups excluding carboxylic acids is 2. The van der Waals surface area contributed by atoms with Crippen molar-refractivity contribution in [1.29, 1.82) is 0 Å². The van der Waals surface area contributed by atoms with Crippen LogP contribution in [0.3, 0.4) is 0 Å². The Morgan fingerprint density at radius 2 is 2.28 bits per heavy atom. The van der Waals surface area contributed by atoms with Crippen molar-refractivity contribution in [3.05, 3.63) is 0 Å². The van der Waals surface area contributed by atoms with Crippen LogP contribution in [0.25, 0.3) is 0 Å². The molecule has 1 rings (SSSR count). The molecule has 1 aliphatic heterocycles. The summed E-state index contributed by atoms with van der Waals surface area (Å²) in [5, 5.41) is 2.89. The lowest BCUT2D eigenvalue weighted by Crippen LogP contribution is -2.55. The van der Waals surface area contributed by atoms with Gasteiger partial charge in [0.15, 0.2) is 0 Å². The van der Waals surface area contributed by atoms with Gasteiger partial charge in [0.25, 0.3) is 0 Å². The number of nitrogens with one attached hydrogen (secondary N) is 1. The molecule has 0 spiro atoms. The largest absolute Gasteiger partial charge is 0.350 e.